The largest absolute Gasteiger partial charge is 0.461 e. The van der Waals surface area contributed by atoms with E-state index in [-0.39, 0.29) is 12.1 Å². The minimum absolute atomic E-state index is 0.00920. The summed E-state index contributed by atoms with van der Waals surface area (Å²) < 4.78 is 5.46. The lowest BCUT2D eigenvalue weighted by Crippen LogP contribution is -2.30. The van der Waals surface area contributed by atoms with Gasteiger partial charge in [-0.25, -0.2) is 0 Å². The zero-order valence-electron chi connectivity index (χ0n) is 12.9. The third-order valence-electron chi connectivity index (χ3n) is 3.84. The first-order chi connectivity index (χ1) is 9.08. The highest BCUT2D eigenvalue weighted by molar-refractivity contribution is 5.69. The molecule has 0 radical (unpaired) electrons. The Kier molecular flexibility index (Phi) is 8.11. The van der Waals surface area contributed by atoms with Crippen molar-refractivity contribution in [2.45, 2.75) is 71.8 Å². The monoisotopic (exact) mass is 269 g/mol. The van der Waals surface area contributed by atoms with Crippen LogP contribution in [0, 0.1) is 11.8 Å². The van der Waals surface area contributed by atoms with Crippen molar-refractivity contribution in [1.29, 1.82) is 0 Å². The number of esters is 1. The van der Waals surface area contributed by atoms with E-state index >= 15 is 0 Å². The van der Waals surface area contributed by atoms with Gasteiger partial charge < -0.3 is 10.1 Å². The fourth-order valence-electron chi connectivity index (χ4n) is 2.64. The van der Waals surface area contributed by atoms with Crippen LogP contribution in [-0.4, -0.2) is 25.2 Å². The minimum Gasteiger partial charge on any atom is -0.461 e. The molecule has 1 unspecified atom stereocenters. The zero-order chi connectivity index (χ0) is 14.1. The van der Waals surface area contributed by atoms with E-state index in [1.54, 1.807) is 0 Å². The van der Waals surface area contributed by atoms with Gasteiger partial charge in [0, 0.05) is 13.0 Å². The Morgan fingerprint density at radius 3 is 2.53 bits per heavy atom. The Morgan fingerprint density at radius 2 is 1.89 bits per heavy atom. The molecule has 1 atom stereocenters. The second kappa shape index (κ2) is 9.35. The fourth-order valence-corrected chi connectivity index (χ4v) is 2.64. The van der Waals surface area contributed by atoms with Crippen LogP contribution in [0.2, 0.25) is 0 Å². The topological polar surface area (TPSA) is 38.3 Å². The second-order valence-corrected chi connectivity index (χ2v) is 6.40. The normalized spacial score (nSPS) is 18.5. The maximum absolute atomic E-state index is 11.8. The molecule has 1 saturated carbocycles. The predicted octanol–water partition coefficient (Wildman–Crippen LogP) is 3.52. The van der Waals surface area contributed by atoms with E-state index in [2.05, 4.69) is 19.2 Å². The predicted molar refractivity (Wildman–Crippen MR) is 79.1 cm³/mol. The maximum Gasteiger partial charge on any atom is 0.306 e. The van der Waals surface area contributed by atoms with E-state index in [0.717, 1.165) is 19.0 Å². The number of carbonyl (C=O) groups excluding carboxylic acids is 1. The highest BCUT2D eigenvalue weighted by Crippen LogP contribution is 2.26. The van der Waals surface area contributed by atoms with Crippen molar-refractivity contribution in [3.8, 4) is 0 Å². The molecule has 0 saturated heterocycles. The smallest absolute Gasteiger partial charge is 0.306 e. The highest BCUT2D eigenvalue weighted by atomic mass is 16.5. The van der Waals surface area contributed by atoms with Gasteiger partial charge in [0.1, 0.15) is 6.10 Å². The first-order valence-corrected chi connectivity index (χ1v) is 7.98. The van der Waals surface area contributed by atoms with Crippen LogP contribution in [0.4, 0.5) is 0 Å². The molecule has 3 nitrogen and oxygen atoms in total. The van der Waals surface area contributed by atoms with Gasteiger partial charge >= 0.3 is 5.97 Å². The Balaban J connectivity index is 2.06. The molecule has 3 heteroatoms. The van der Waals surface area contributed by atoms with E-state index in [0.29, 0.717) is 12.3 Å². The van der Waals surface area contributed by atoms with Crippen LogP contribution in [0.5, 0.6) is 0 Å². The van der Waals surface area contributed by atoms with Crippen LogP contribution in [0.3, 0.4) is 0 Å². The summed E-state index contributed by atoms with van der Waals surface area (Å²) >= 11 is 0. The number of hydrogen-bond donors (Lipinski definition) is 1. The number of rotatable bonds is 8. The third-order valence-corrected chi connectivity index (χ3v) is 3.84. The molecule has 0 aromatic heterocycles. The number of ether oxygens (including phenoxy) is 1. The number of carbonyl (C=O) groups is 1. The molecule has 0 amide bonds. The summed E-state index contributed by atoms with van der Waals surface area (Å²) in [4.78, 5) is 11.8. The standard InChI is InChI=1S/C16H31NO2/c1-13(2)9-10-17-12-14(3)19-16(18)11-15-7-5-4-6-8-15/h13-15,17H,4-12H2,1-3H3. The molecule has 1 aliphatic rings. The van der Waals surface area contributed by atoms with Crippen LogP contribution < -0.4 is 5.32 Å². The molecule has 0 heterocycles. The maximum atomic E-state index is 11.8. The Morgan fingerprint density at radius 1 is 1.21 bits per heavy atom. The van der Waals surface area contributed by atoms with Crippen molar-refractivity contribution in [3.05, 3.63) is 0 Å². The summed E-state index contributed by atoms with van der Waals surface area (Å²) in [6, 6.07) is 0. The van der Waals surface area contributed by atoms with Gasteiger partial charge in [-0.3, -0.25) is 4.79 Å². The average molecular weight is 269 g/mol. The first kappa shape index (κ1) is 16.5. The van der Waals surface area contributed by atoms with E-state index in [4.69, 9.17) is 4.74 Å². The minimum atomic E-state index is -0.0109. The molecule has 1 rings (SSSR count). The van der Waals surface area contributed by atoms with Gasteiger partial charge in [0.15, 0.2) is 0 Å². The lowest BCUT2D eigenvalue weighted by atomic mass is 9.87. The van der Waals surface area contributed by atoms with Crippen LogP contribution >= 0.6 is 0 Å². The zero-order valence-corrected chi connectivity index (χ0v) is 12.9. The summed E-state index contributed by atoms with van der Waals surface area (Å²) in [5.74, 6) is 1.28. The Bertz CT molecular complexity index is 247. The summed E-state index contributed by atoms with van der Waals surface area (Å²) in [6.07, 6.45) is 8.09. The van der Waals surface area contributed by atoms with Crippen LogP contribution in [0.25, 0.3) is 0 Å². The van der Waals surface area contributed by atoms with E-state index in [1.165, 1.54) is 38.5 Å². The van der Waals surface area contributed by atoms with E-state index in [9.17, 15) is 4.79 Å². The van der Waals surface area contributed by atoms with Gasteiger partial charge in [-0.15, -0.1) is 0 Å². The van der Waals surface area contributed by atoms with Gasteiger partial charge in [-0.05, 0) is 44.6 Å². The van der Waals surface area contributed by atoms with Crippen molar-refractivity contribution >= 4 is 5.97 Å². The molecule has 0 bridgehead atoms. The average Bonchev–Trinajstić information content (AvgIpc) is 2.35. The molecule has 19 heavy (non-hydrogen) atoms. The molecule has 112 valence electrons. The lowest BCUT2D eigenvalue weighted by Gasteiger charge is -2.21. The third kappa shape index (κ3) is 8.25. The summed E-state index contributed by atoms with van der Waals surface area (Å²) in [5, 5.41) is 3.35. The molecular weight excluding hydrogens is 238 g/mol. The van der Waals surface area contributed by atoms with Crippen molar-refractivity contribution in [2.24, 2.45) is 11.8 Å². The summed E-state index contributed by atoms with van der Waals surface area (Å²) in [6.45, 7) is 8.18. The molecule has 1 aliphatic carbocycles. The molecule has 1 fully saturated rings. The molecule has 0 spiro atoms. The number of nitrogens with one attached hydrogen (secondary N) is 1. The highest BCUT2D eigenvalue weighted by Gasteiger charge is 2.19. The quantitative estimate of drug-likeness (QED) is 0.541. The molecule has 0 aliphatic heterocycles. The summed E-state index contributed by atoms with van der Waals surface area (Å²) in [5.41, 5.74) is 0. The Hall–Kier alpha value is -0.570. The van der Waals surface area contributed by atoms with Gasteiger partial charge in [-0.1, -0.05) is 33.1 Å². The Labute approximate surface area is 118 Å². The van der Waals surface area contributed by atoms with Crippen molar-refractivity contribution in [3.63, 3.8) is 0 Å². The van der Waals surface area contributed by atoms with Gasteiger partial charge in [0.2, 0.25) is 0 Å². The number of hydrogen-bond acceptors (Lipinski definition) is 3. The van der Waals surface area contributed by atoms with Gasteiger partial charge in [0.25, 0.3) is 0 Å². The fraction of sp³-hybridized carbons (Fsp3) is 0.938. The van der Waals surface area contributed by atoms with Crippen molar-refractivity contribution in [1.82, 2.24) is 5.32 Å². The molecule has 0 aromatic rings. The SMILES string of the molecule is CC(C)CCNCC(C)OC(=O)CC1CCCCC1. The van der Waals surface area contributed by atoms with Gasteiger partial charge in [-0.2, -0.15) is 0 Å². The van der Waals surface area contributed by atoms with Crippen LogP contribution in [-0.2, 0) is 9.53 Å². The lowest BCUT2D eigenvalue weighted by molar-refractivity contribution is -0.149. The summed E-state index contributed by atoms with van der Waals surface area (Å²) in [7, 11) is 0. The van der Waals surface area contributed by atoms with Gasteiger partial charge in [0.05, 0.1) is 0 Å². The second-order valence-electron chi connectivity index (χ2n) is 6.40. The molecular formula is C16H31NO2. The van der Waals surface area contributed by atoms with E-state index in [1.807, 2.05) is 6.92 Å². The van der Waals surface area contributed by atoms with Crippen LogP contribution in [0.15, 0.2) is 0 Å². The van der Waals surface area contributed by atoms with Crippen molar-refractivity contribution < 1.29 is 9.53 Å². The van der Waals surface area contributed by atoms with Crippen LogP contribution in [0.1, 0.15) is 65.7 Å². The van der Waals surface area contributed by atoms with Crippen molar-refractivity contribution in [2.75, 3.05) is 13.1 Å². The van der Waals surface area contributed by atoms with E-state index < -0.39 is 0 Å². The molecule has 0 aromatic carbocycles. The molecule has 1 N–H and O–H groups in total. The first-order valence-electron chi connectivity index (χ1n) is 7.98.